The molecule has 0 saturated heterocycles. The van der Waals surface area contributed by atoms with Crippen LogP contribution in [0.1, 0.15) is 12.7 Å². The van der Waals surface area contributed by atoms with Crippen molar-refractivity contribution >= 4 is 33.8 Å². The third kappa shape index (κ3) is 4.55. The van der Waals surface area contributed by atoms with Crippen LogP contribution in [0.2, 0.25) is 0 Å². The lowest BCUT2D eigenvalue weighted by Crippen LogP contribution is -2.26. The zero-order valence-electron chi connectivity index (χ0n) is 11.7. The quantitative estimate of drug-likeness (QED) is 0.757. The number of aromatic nitrogens is 3. The van der Waals surface area contributed by atoms with Crippen LogP contribution in [0.3, 0.4) is 0 Å². The molecule has 8 nitrogen and oxygen atoms in total. The van der Waals surface area contributed by atoms with Gasteiger partial charge in [0.15, 0.2) is 18.5 Å². The molecule has 1 atom stereocenters. The second-order valence-electron chi connectivity index (χ2n) is 4.29. The number of esters is 1. The second-order valence-corrected chi connectivity index (χ2v) is 5.21. The smallest absolute Gasteiger partial charge is 0.347 e. The van der Waals surface area contributed by atoms with Gasteiger partial charge in [0.05, 0.1) is 0 Å². The number of benzene rings is 1. The molecule has 0 aliphatic heterocycles. The Hall–Kier alpha value is -2.42. The zero-order valence-corrected chi connectivity index (χ0v) is 13.3. The first-order valence-corrected chi connectivity index (χ1v) is 7.08. The van der Waals surface area contributed by atoms with E-state index < -0.39 is 12.1 Å². The third-order valence-corrected chi connectivity index (χ3v) is 3.05. The molecule has 116 valence electrons. The Morgan fingerprint density at radius 2 is 1.77 bits per heavy atom. The molecule has 0 unspecified atom stereocenters. The SMILES string of the molecule is C[C@@H](Oc1ccc(Br)cc1)C(=O)OCc1nc(N)nc(N)n1. The van der Waals surface area contributed by atoms with Gasteiger partial charge in [0.1, 0.15) is 5.75 Å². The molecule has 1 aromatic carbocycles. The highest BCUT2D eigenvalue weighted by atomic mass is 79.9. The van der Waals surface area contributed by atoms with Crippen molar-refractivity contribution in [3.8, 4) is 5.75 Å². The molecule has 2 rings (SSSR count). The number of anilines is 2. The first kappa shape index (κ1) is 16.0. The van der Waals surface area contributed by atoms with Crippen LogP contribution in [0.25, 0.3) is 0 Å². The lowest BCUT2D eigenvalue weighted by atomic mass is 10.3. The third-order valence-electron chi connectivity index (χ3n) is 2.52. The Labute approximate surface area is 135 Å². The van der Waals surface area contributed by atoms with Crippen LogP contribution in [-0.2, 0) is 16.1 Å². The molecular weight excluding hydrogens is 354 g/mol. The maximum Gasteiger partial charge on any atom is 0.347 e. The largest absolute Gasteiger partial charge is 0.479 e. The van der Waals surface area contributed by atoms with Crippen molar-refractivity contribution in [2.75, 3.05) is 11.5 Å². The van der Waals surface area contributed by atoms with Crippen molar-refractivity contribution in [1.82, 2.24) is 15.0 Å². The van der Waals surface area contributed by atoms with Gasteiger partial charge in [-0.25, -0.2) is 4.79 Å². The summed E-state index contributed by atoms with van der Waals surface area (Å²) in [7, 11) is 0. The highest BCUT2D eigenvalue weighted by molar-refractivity contribution is 9.10. The number of nitrogens with two attached hydrogens (primary N) is 2. The summed E-state index contributed by atoms with van der Waals surface area (Å²) in [6.45, 7) is 1.42. The Kier molecular flexibility index (Phi) is 5.10. The predicted molar refractivity (Wildman–Crippen MR) is 82.7 cm³/mol. The second kappa shape index (κ2) is 7.03. The summed E-state index contributed by atoms with van der Waals surface area (Å²) < 4.78 is 11.4. The Balaban J connectivity index is 1.89. The molecule has 0 spiro atoms. The summed E-state index contributed by atoms with van der Waals surface area (Å²) in [5.74, 6) is 0.117. The van der Waals surface area contributed by atoms with Crippen LogP contribution in [0.5, 0.6) is 5.75 Å². The molecule has 22 heavy (non-hydrogen) atoms. The number of nitrogen functional groups attached to an aromatic ring is 2. The topological polar surface area (TPSA) is 126 Å². The van der Waals surface area contributed by atoms with Crippen LogP contribution in [0.15, 0.2) is 28.7 Å². The van der Waals surface area contributed by atoms with E-state index in [9.17, 15) is 4.79 Å². The van der Waals surface area contributed by atoms with Gasteiger partial charge in [-0.3, -0.25) is 0 Å². The molecule has 0 fully saturated rings. The molecular formula is C13H14BrN5O3. The van der Waals surface area contributed by atoms with Crippen LogP contribution in [-0.4, -0.2) is 27.0 Å². The normalized spacial score (nSPS) is 11.7. The van der Waals surface area contributed by atoms with Gasteiger partial charge in [0.25, 0.3) is 0 Å². The monoisotopic (exact) mass is 367 g/mol. The van der Waals surface area contributed by atoms with Crippen molar-refractivity contribution in [3.05, 3.63) is 34.6 Å². The van der Waals surface area contributed by atoms with Crippen molar-refractivity contribution in [3.63, 3.8) is 0 Å². The lowest BCUT2D eigenvalue weighted by molar-refractivity contribution is -0.152. The van der Waals surface area contributed by atoms with Crippen LogP contribution in [0, 0.1) is 0 Å². The molecule has 0 bridgehead atoms. The molecule has 0 radical (unpaired) electrons. The maximum absolute atomic E-state index is 11.9. The fourth-order valence-corrected chi connectivity index (χ4v) is 1.80. The number of nitrogens with zero attached hydrogens (tertiary/aromatic N) is 3. The van der Waals surface area contributed by atoms with E-state index in [1.54, 1.807) is 19.1 Å². The number of ether oxygens (including phenoxy) is 2. The molecule has 2 aromatic rings. The van der Waals surface area contributed by atoms with E-state index in [1.165, 1.54) is 0 Å². The highest BCUT2D eigenvalue weighted by Crippen LogP contribution is 2.17. The summed E-state index contributed by atoms with van der Waals surface area (Å²) in [5.41, 5.74) is 10.9. The summed E-state index contributed by atoms with van der Waals surface area (Å²) in [6, 6.07) is 7.09. The predicted octanol–water partition coefficient (Wildman–Crippen LogP) is 1.31. The van der Waals surface area contributed by atoms with Crippen LogP contribution in [0.4, 0.5) is 11.9 Å². The first-order valence-electron chi connectivity index (χ1n) is 6.29. The van der Waals surface area contributed by atoms with E-state index in [-0.39, 0.29) is 24.3 Å². The number of halogens is 1. The van der Waals surface area contributed by atoms with Gasteiger partial charge >= 0.3 is 5.97 Å². The number of carbonyl (C=O) groups is 1. The summed E-state index contributed by atoms with van der Waals surface area (Å²) >= 11 is 3.32. The Bertz CT molecular complexity index is 645. The van der Waals surface area contributed by atoms with Gasteiger partial charge < -0.3 is 20.9 Å². The summed E-state index contributed by atoms with van der Waals surface area (Å²) in [5, 5.41) is 0. The maximum atomic E-state index is 11.9. The molecule has 1 aromatic heterocycles. The molecule has 0 amide bonds. The van der Waals surface area contributed by atoms with Crippen molar-refractivity contribution in [2.45, 2.75) is 19.6 Å². The number of hydrogen-bond donors (Lipinski definition) is 2. The van der Waals surface area contributed by atoms with Gasteiger partial charge in [-0.15, -0.1) is 0 Å². The number of hydrogen-bond acceptors (Lipinski definition) is 8. The van der Waals surface area contributed by atoms with Gasteiger partial charge in [-0.05, 0) is 31.2 Å². The average molecular weight is 368 g/mol. The fraction of sp³-hybridized carbons (Fsp3) is 0.231. The molecule has 9 heteroatoms. The zero-order chi connectivity index (χ0) is 16.1. The summed E-state index contributed by atoms with van der Waals surface area (Å²) in [4.78, 5) is 23.1. The van der Waals surface area contributed by atoms with Crippen molar-refractivity contribution in [2.24, 2.45) is 0 Å². The Morgan fingerprint density at radius 1 is 1.18 bits per heavy atom. The lowest BCUT2D eigenvalue weighted by Gasteiger charge is -2.13. The van der Waals surface area contributed by atoms with Gasteiger partial charge in [-0.2, -0.15) is 15.0 Å². The molecule has 0 aliphatic rings. The van der Waals surface area contributed by atoms with Crippen molar-refractivity contribution in [1.29, 1.82) is 0 Å². The van der Waals surface area contributed by atoms with Gasteiger partial charge in [0.2, 0.25) is 11.9 Å². The minimum absolute atomic E-state index is 0.0299. The van der Waals surface area contributed by atoms with Crippen LogP contribution >= 0.6 is 15.9 Å². The minimum Gasteiger partial charge on any atom is -0.479 e. The molecule has 0 saturated carbocycles. The number of carbonyl (C=O) groups excluding carboxylic acids is 1. The standard InChI is InChI=1S/C13H14BrN5O3/c1-7(22-9-4-2-8(14)3-5-9)11(20)21-6-10-17-12(15)19-13(16)18-10/h2-5,7H,6H2,1H3,(H4,15,16,17,18,19)/t7-/m1/s1. The van der Waals surface area contributed by atoms with Gasteiger partial charge in [0, 0.05) is 4.47 Å². The average Bonchev–Trinajstić information content (AvgIpc) is 2.46. The molecule has 4 N–H and O–H groups in total. The van der Waals surface area contributed by atoms with E-state index >= 15 is 0 Å². The van der Waals surface area contributed by atoms with E-state index in [0.29, 0.717) is 5.75 Å². The molecule has 1 heterocycles. The highest BCUT2D eigenvalue weighted by Gasteiger charge is 2.17. The Morgan fingerprint density at radius 3 is 2.36 bits per heavy atom. The van der Waals surface area contributed by atoms with Crippen molar-refractivity contribution < 1.29 is 14.3 Å². The van der Waals surface area contributed by atoms with E-state index in [1.807, 2.05) is 12.1 Å². The summed E-state index contributed by atoms with van der Waals surface area (Å²) in [6.07, 6.45) is -0.780. The molecule has 0 aliphatic carbocycles. The van der Waals surface area contributed by atoms with E-state index in [0.717, 1.165) is 4.47 Å². The van der Waals surface area contributed by atoms with Gasteiger partial charge in [-0.1, -0.05) is 15.9 Å². The first-order chi connectivity index (χ1) is 10.4. The van der Waals surface area contributed by atoms with Crippen LogP contribution < -0.4 is 16.2 Å². The van der Waals surface area contributed by atoms with E-state index in [4.69, 9.17) is 20.9 Å². The minimum atomic E-state index is -0.780. The number of rotatable bonds is 5. The van der Waals surface area contributed by atoms with E-state index in [2.05, 4.69) is 30.9 Å². The fourth-order valence-electron chi connectivity index (χ4n) is 1.54.